The third kappa shape index (κ3) is 4.34. The van der Waals surface area contributed by atoms with Crippen LogP contribution in [0.15, 0.2) is 28.7 Å². The van der Waals surface area contributed by atoms with E-state index >= 15 is 0 Å². The fourth-order valence-corrected chi connectivity index (χ4v) is 1.90. The molecule has 0 fully saturated rings. The van der Waals surface area contributed by atoms with Crippen LogP contribution in [-0.4, -0.2) is 50.1 Å². The van der Waals surface area contributed by atoms with Crippen LogP contribution >= 0.6 is 15.9 Å². The lowest BCUT2D eigenvalue weighted by molar-refractivity contribution is -0.144. The molecule has 0 aromatic heterocycles. The van der Waals surface area contributed by atoms with Crippen molar-refractivity contribution in [2.24, 2.45) is 0 Å². The summed E-state index contributed by atoms with van der Waals surface area (Å²) in [6.45, 7) is -0.655. The molecule has 0 N–H and O–H groups in total. The SMILES string of the molecule is COC(=O)CN(CC(=O)OC)C(=O)c1ccccc1Br. The number of methoxy groups -OCH3 is 2. The Kier molecular flexibility index (Phi) is 6.17. The van der Waals surface area contributed by atoms with Crippen LogP contribution in [0.25, 0.3) is 0 Å². The molecule has 7 heteroatoms. The van der Waals surface area contributed by atoms with E-state index in [9.17, 15) is 14.4 Å². The maximum Gasteiger partial charge on any atom is 0.325 e. The van der Waals surface area contributed by atoms with Crippen molar-refractivity contribution in [1.29, 1.82) is 0 Å². The lowest BCUT2D eigenvalue weighted by atomic mass is 10.2. The number of benzene rings is 1. The molecule has 0 aliphatic heterocycles. The molecule has 6 nitrogen and oxygen atoms in total. The van der Waals surface area contributed by atoms with Gasteiger partial charge in [0.15, 0.2) is 0 Å². The van der Waals surface area contributed by atoms with Gasteiger partial charge in [-0.2, -0.15) is 0 Å². The van der Waals surface area contributed by atoms with Crippen LogP contribution in [0.1, 0.15) is 10.4 Å². The minimum Gasteiger partial charge on any atom is -0.468 e. The molecule has 0 atom stereocenters. The molecule has 0 saturated carbocycles. The first kappa shape index (κ1) is 16.2. The largest absolute Gasteiger partial charge is 0.468 e. The van der Waals surface area contributed by atoms with Crippen LogP contribution in [0.5, 0.6) is 0 Å². The average Bonchev–Trinajstić information content (AvgIpc) is 2.45. The summed E-state index contributed by atoms with van der Waals surface area (Å²) >= 11 is 3.25. The molecule has 0 unspecified atom stereocenters. The maximum atomic E-state index is 12.3. The second-order valence-corrected chi connectivity index (χ2v) is 4.65. The summed E-state index contributed by atoms with van der Waals surface area (Å²) < 4.78 is 9.60. The predicted octanol–water partition coefficient (Wildman–Crippen LogP) is 1.24. The van der Waals surface area contributed by atoms with Gasteiger partial charge in [0.1, 0.15) is 13.1 Å². The van der Waals surface area contributed by atoms with Crippen molar-refractivity contribution in [2.75, 3.05) is 27.3 Å². The maximum absolute atomic E-state index is 12.3. The third-order valence-corrected chi connectivity index (χ3v) is 3.18. The van der Waals surface area contributed by atoms with Crippen molar-refractivity contribution >= 4 is 33.8 Å². The summed E-state index contributed by atoms with van der Waals surface area (Å²) in [5, 5.41) is 0. The van der Waals surface area contributed by atoms with E-state index in [0.29, 0.717) is 10.0 Å². The smallest absolute Gasteiger partial charge is 0.325 e. The van der Waals surface area contributed by atoms with Crippen LogP contribution in [-0.2, 0) is 19.1 Å². The number of esters is 2. The number of halogens is 1. The molecule has 1 amide bonds. The van der Waals surface area contributed by atoms with E-state index in [1.807, 2.05) is 0 Å². The van der Waals surface area contributed by atoms with Crippen molar-refractivity contribution in [3.05, 3.63) is 34.3 Å². The average molecular weight is 344 g/mol. The Balaban J connectivity index is 2.97. The number of carbonyl (C=O) groups excluding carboxylic acids is 3. The zero-order valence-corrected chi connectivity index (χ0v) is 12.7. The molecule has 1 aromatic carbocycles. The van der Waals surface area contributed by atoms with Gasteiger partial charge in [0.2, 0.25) is 0 Å². The van der Waals surface area contributed by atoms with Gasteiger partial charge in [-0.15, -0.1) is 0 Å². The Morgan fingerprint density at radius 2 is 1.55 bits per heavy atom. The Morgan fingerprint density at radius 1 is 1.05 bits per heavy atom. The Labute approximate surface area is 124 Å². The van der Waals surface area contributed by atoms with Crippen molar-refractivity contribution < 1.29 is 23.9 Å². The minimum atomic E-state index is -0.616. The Bertz CT molecular complexity index is 499. The lowest BCUT2D eigenvalue weighted by Crippen LogP contribution is -2.40. The highest BCUT2D eigenvalue weighted by molar-refractivity contribution is 9.10. The second kappa shape index (κ2) is 7.64. The van der Waals surface area contributed by atoms with E-state index in [-0.39, 0.29) is 13.1 Å². The first-order chi connectivity index (χ1) is 9.49. The Hall–Kier alpha value is -1.89. The summed E-state index contributed by atoms with van der Waals surface area (Å²) in [5.74, 6) is -1.70. The van der Waals surface area contributed by atoms with E-state index in [0.717, 1.165) is 4.90 Å². The lowest BCUT2D eigenvalue weighted by Gasteiger charge is -2.20. The standard InChI is InChI=1S/C13H14BrNO5/c1-19-11(16)7-15(8-12(17)20-2)13(18)9-5-3-4-6-10(9)14/h3-6H,7-8H2,1-2H3. The number of carbonyl (C=O) groups is 3. The molecule has 20 heavy (non-hydrogen) atoms. The van der Waals surface area contributed by atoms with Gasteiger partial charge in [-0.25, -0.2) is 0 Å². The molecule has 0 spiro atoms. The van der Waals surface area contributed by atoms with Crippen molar-refractivity contribution in [3.63, 3.8) is 0 Å². The number of hydrogen-bond acceptors (Lipinski definition) is 5. The molecular formula is C13H14BrNO5. The molecule has 0 heterocycles. The number of ether oxygens (including phenoxy) is 2. The molecule has 0 saturated heterocycles. The third-order valence-electron chi connectivity index (χ3n) is 2.49. The summed E-state index contributed by atoms with van der Waals surface area (Å²) in [5.41, 5.74) is 0.348. The summed E-state index contributed by atoms with van der Waals surface area (Å²) in [6, 6.07) is 6.73. The first-order valence-electron chi connectivity index (χ1n) is 5.67. The van der Waals surface area contributed by atoms with Crippen LogP contribution in [0.2, 0.25) is 0 Å². The Morgan fingerprint density at radius 3 is 2.00 bits per heavy atom. The molecule has 0 aliphatic rings. The van der Waals surface area contributed by atoms with Crippen LogP contribution in [0.3, 0.4) is 0 Å². The molecule has 1 aromatic rings. The normalized spacial score (nSPS) is 9.75. The highest BCUT2D eigenvalue weighted by Gasteiger charge is 2.23. The fourth-order valence-electron chi connectivity index (χ4n) is 1.45. The van der Waals surface area contributed by atoms with Crippen LogP contribution in [0, 0.1) is 0 Å². The van der Waals surface area contributed by atoms with Crippen molar-refractivity contribution in [1.82, 2.24) is 4.90 Å². The van der Waals surface area contributed by atoms with Gasteiger partial charge in [0, 0.05) is 4.47 Å². The quantitative estimate of drug-likeness (QED) is 0.752. The number of rotatable bonds is 5. The first-order valence-corrected chi connectivity index (χ1v) is 6.46. The summed E-state index contributed by atoms with van der Waals surface area (Å²) in [6.07, 6.45) is 0. The fraction of sp³-hybridized carbons (Fsp3) is 0.308. The number of hydrogen-bond donors (Lipinski definition) is 0. The van der Waals surface area contributed by atoms with E-state index < -0.39 is 17.8 Å². The van der Waals surface area contributed by atoms with Gasteiger partial charge >= 0.3 is 11.9 Å². The van der Waals surface area contributed by atoms with Gasteiger partial charge in [0.25, 0.3) is 5.91 Å². The van der Waals surface area contributed by atoms with E-state index in [2.05, 4.69) is 25.4 Å². The minimum absolute atomic E-state index is 0.328. The van der Waals surface area contributed by atoms with Crippen molar-refractivity contribution in [3.8, 4) is 0 Å². The van der Waals surface area contributed by atoms with Gasteiger partial charge in [-0.1, -0.05) is 12.1 Å². The van der Waals surface area contributed by atoms with E-state index in [1.165, 1.54) is 14.2 Å². The topological polar surface area (TPSA) is 72.9 Å². The molecule has 0 radical (unpaired) electrons. The molecule has 0 aliphatic carbocycles. The van der Waals surface area contributed by atoms with E-state index in [4.69, 9.17) is 0 Å². The predicted molar refractivity (Wildman–Crippen MR) is 74.1 cm³/mol. The summed E-state index contributed by atoms with van der Waals surface area (Å²) in [4.78, 5) is 36.1. The monoisotopic (exact) mass is 343 g/mol. The van der Waals surface area contributed by atoms with Gasteiger partial charge in [-0.3, -0.25) is 14.4 Å². The molecule has 108 valence electrons. The van der Waals surface area contributed by atoms with Crippen LogP contribution in [0.4, 0.5) is 0 Å². The summed E-state index contributed by atoms with van der Waals surface area (Å²) in [7, 11) is 2.42. The van der Waals surface area contributed by atoms with Gasteiger partial charge in [-0.05, 0) is 28.1 Å². The number of amides is 1. The van der Waals surface area contributed by atoms with Gasteiger partial charge < -0.3 is 14.4 Å². The van der Waals surface area contributed by atoms with E-state index in [1.54, 1.807) is 24.3 Å². The van der Waals surface area contributed by atoms with Crippen LogP contribution < -0.4 is 0 Å². The highest BCUT2D eigenvalue weighted by Crippen LogP contribution is 2.18. The molecular weight excluding hydrogens is 330 g/mol. The number of nitrogens with zero attached hydrogens (tertiary/aromatic N) is 1. The van der Waals surface area contributed by atoms with Crippen molar-refractivity contribution in [2.45, 2.75) is 0 Å². The van der Waals surface area contributed by atoms with Gasteiger partial charge in [0.05, 0.1) is 19.8 Å². The molecule has 0 bridgehead atoms. The molecule has 1 rings (SSSR count). The highest BCUT2D eigenvalue weighted by atomic mass is 79.9. The second-order valence-electron chi connectivity index (χ2n) is 3.79. The zero-order valence-electron chi connectivity index (χ0n) is 11.1. The zero-order chi connectivity index (χ0) is 15.1.